The van der Waals surface area contributed by atoms with E-state index < -0.39 is 25.3 Å². The molecule has 1 aliphatic heterocycles. The topological polar surface area (TPSA) is 116 Å². The summed E-state index contributed by atoms with van der Waals surface area (Å²) in [5.74, 6) is -2.72. The van der Waals surface area contributed by atoms with Gasteiger partial charge in [-0.3, -0.25) is 14.7 Å². The van der Waals surface area contributed by atoms with Crippen molar-refractivity contribution in [3.05, 3.63) is 0 Å². The Morgan fingerprint density at radius 3 is 2.09 bits per heavy atom. The predicted octanol–water partition coefficient (Wildman–Crippen LogP) is -1.67. The Morgan fingerprint density at radius 2 is 1.91 bits per heavy atom. The van der Waals surface area contributed by atoms with Crippen LogP contribution in [0.2, 0.25) is 0 Å². The van der Waals surface area contributed by atoms with Gasteiger partial charge in [-0.05, 0) is 0 Å². The molecule has 11 heavy (non-hydrogen) atoms. The van der Waals surface area contributed by atoms with Crippen molar-refractivity contribution in [2.24, 2.45) is 0 Å². The van der Waals surface area contributed by atoms with Crippen LogP contribution in [0.4, 0.5) is 4.79 Å². The van der Waals surface area contributed by atoms with E-state index in [1.165, 1.54) is 0 Å². The van der Waals surface area contributed by atoms with E-state index >= 15 is 0 Å². The summed E-state index contributed by atoms with van der Waals surface area (Å²) >= 11 is 0. The molecule has 0 aromatic rings. The van der Waals surface area contributed by atoms with Crippen LogP contribution in [-0.4, -0.2) is 27.5 Å². The first-order chi connectivity index (χ1) is 4.91. The largest absolute Gasteiger partial charge is 0.357 e. The number of urea groups is 1. The van der Waals surface area contributed by atoms with Crippen LogP contribution in [0, 0.1) is 0 Å². The lowest BCUT2D eigenvalue weighted by Crippen LogP contribution is -2.28. The Bertz CT molecular complexity index is 256. The normalized spacial score (nSPS) is 24.7. The predicted molar refractivity (Wildman–Crippen MR) is 32.5 cm³/mol. The van der Waals surface area contributed by atoms with E-state index in [0.29, 0.717) is 0 Å². The van der Waals surface area contributed by atoms with Crippen LogP contribution < -0.4 is 10.6 Å². The molecule has 4 N–H and O–H groups in total. The minimum absolute atomic E-state index is 0.886. The van der Waals surface area contributed by atoms with Crippen LogP contribution in [0.5, 0.6) is 0 Å². The number of nitrogens with one attached hydrogen (secondary N) is 2. The van der Waals surface area contributed by atoms with Gasteiger partial charge in [-0.25, -0.2) is 4.79 Å². The fourth-order valence-corrected chi connectivity index (χ4v) is 1.30. The molecule has 0 spiro atoms. The van der Waals surface area contributed by atoms with Crippen molar-refractivity contribution in [1.29, 1.82) is 0 Å². The number of amides is 3. The Kier molecular flexibility index (Phi) is 1.71. The van der Waals surface area contributed by atoms with E-state index in [2.05, 4.69) is 0 Å². The van der Waals surface area contributed by atoms with Crippen LogP contribution in [-0.2, 0) is 9.36 Å². The zero-order chi connectivity index (χ0) is 8.65. The molecule has 0 aliphatic carbocycles. The molecule has 0 saturated carbocycles. The molecule has 1 aliphatic rings. The fourth-order valence-electron chi connectivity index (χ4n) is 0.643. The molecule has 7 nitrogen and oxygen atoms in total. The highest BCUT2D eigenvalue weighted by Crippen LogP contribution is 2.40. The summed E-state index contributed by atoms with van der Waals surface area (Å²) < 4.78 is 10.4. The maximum absolute atomic E-state index is 10.5. The summed E-state index contributed by atoms with van der Waals surface area (Å²) in [7, 11) is -4.55. The Labute approximate surface area is 60.9 Å². The quantitative estimate of drug-likeness (QED) is 0.284. The second-order valence-corrected chi connectivity index (χ2v) is 3.65. The van der Waals surface area contributed by atoms with Gasteiger partial charge in [-0.15, -0.1) is 0 Å². The highest BCUT2D eigenvalue weighted by molar-refractivity contribution is 7.53. The zero-order valence-electron chi connectivity index (χ0n) is 5.14. The lowest BCUT2D eigenvalue weighted by atomic mass is 10.6. The SMILES string of the molecule is O=C1NC(=O)C(P(=O)(O)O)N1. The molecular weight excluding hydrogens is 175 g/mol. The van der Waals surface area contributed by atoms with Gasteiger partial charge < -0.3 is 15.1 Å². The maximum atomic E-state index is 10.5. The first-order valence-corrected chi connectivity index (χ1v) is 4.26. The fraction of sp³-hybridized carbons (Fsp3) is 0.333. The van der Waals surface area contributed by atoms with Crippen molar-refractivity contribution in [2.45, 2.75) is 5.78 Å². The van der Waals surface area contributed by atoms with Crippen molar-refractivity contribution >= 4 is 19.5 Å². The minimum Gasteiger partial charge on any atom is -0.323 e. The van der Waals surface area contributed by atoms with Crippen molar-refractivity contribution in [1.82, 2.24) is 10.6 Å². The molecule has 62 valence electrons. The summed E-state index contributed by atoms with van der Waals surface area (Å²) in [5.41, 5.74) is 0. The third-order valence-corrected chi connectivity index (χ3v) is 2.13. The van der Waals surface area contributed by atoms with Gasteiger partial charge in [0.2, 0.25) is 5.78 Å². The molecule has 0 aromatic carbocycles. The summed E-state index contributed by atoms with van der Waals surface area (Å²) in [4.78, 5) is 37.8. The smallest absolute Gasteiger partial charge is 0.323 e. The van der Waals surface area contributed by atoms with Crippen molar-refractivity contribution in [3.8, 4) is 0 Å². The first kappa shape index (κ1) is 8.19. The van der Waals surface area contributed by atoms with Crippen LogP contribution in [0.1, 0.15) is 0 Å². The molecule has 0 bridgehead atoms. The average Bonchev–Trinajstić information content (AvgIpc) is 2.08. The highest BCUT2D eigenvalue weighted by Gasteiger charge is 2.42. The lowest BCUT2D eigenvalue weighted by molar-refractivity contribution is -0.118. The lowest BCUT2D eigenvalue weighted by Gasteiger charge is -2.07. The number of carbonyl (C=O) groups excluding carboxylic acids is 2. The highest BCUT2D eigenvalue weighted by atomic mass is 31.2. The van der Waals surface area contributed by atoms with Crippen LogP contribution >= 0.6 is 7.60 Å². The van der Waals surface area contributed by atoms with Gasteiger partial charge in [-0.2, -0.15) is 0 Å². The Morgan fingerprint density at radius 1 is 1.36 bits per heavy atom. The van der Waals surface area contributed by atoms with Gasteiger partial charge in [0.05, 0.1) is 0 Å². The third kappa shape index (κ3) is 1.56. The molecule has 1 heterocycles. The van der Waals surface area contributed by atoms with Gasteiger partial charge in [-0.1, -0.05) is 0 Å². The van der Waals surface area contributed by atoms with Crippen molar-refractivity contribution < 1.29 is 23.9 Å². The molecule has 1 saturated heterocycles. The summed E-state index contributed by atoms with van der Waals surface area (Å²) in [6, 6.07) is -0.886. The molecule has 1 unspecified atom stereocenters. The average molecular weight is 180 g/mol. The number of rotatable bonds is 1. The van der Waals surface area contributed by atoms with E-state index in [4.69, 9.17) is 9.79 Å². The van der Waals surface area contributed by atoms with Crippen LogP contribution in [0.15, 0.2) is 0 Å². The second-order valence-electron chi connectivity index (χ2n) is 1.95. The number of hydrogen-bond donors (Lipinski definition) is 4. The molecular formula is C3H5N2O5P. The van der Waals surface area contributed by atoms with E-state index in [1.54, 1.807) is 10.6 Å². The zero-order valence-corrected chi connectivity index (χ0v) is 6.04. The number of imide groups is 1. The van der Waals surface area contributed by atoms with E-state index in [1.807, 2.05) is 0 Å². The number of carbonyl (C=O) groups is 2. The van der Waals surface area contributed by atoms with Gasteiger partial charge in [0.15, 0.2) is 0 Å². The minimum atomic E-state index is -4.55. The van der Waals surface area contributed by atoms with E-state index in [0.717, 1.165) is 0 Å². The van der Waals surface area contributed by atoms with Crippen molar-refractivity contribution in [2.75, 3.05) is 0 Å². The first-order valence-electron chi connectivity index (χ1n) is 2.58. The summed E-state index contributed by atoms with van der Waals surface area (Å²) in [6.45, 7) is 0. The maximum Gasteiger partial charge on any atom is 0.357 e. The molecule has 3 amide bonds. The van der Waals surface area contributed by atoms with Gasteiger partial charge in [0.1, 0.15) is 0 Å². The van der Waals surface area contributed by atoms with Crippen molar-refractivity contribution in [3.63, 3.8) is 0 Å². The van der Waals surface area contributed by atoms with Gasteiger partial charge in [0, 0.05) is 0 Å². The number of hydrogen-bond acceptors (Lipinski definition) is 3. The van der Waals surface area contributed by atoms with Gasteiger partial charge in [0.25, 0.3) is 5.91 Å². The standard InChI is InChI=1S/C3H5N2O5P/c6-1-2(11(8,9)10)5-3(7)4-1/h2H,(H2,8,9,10)(H2,4,5,6,7). The summed E-state index contributed by atoms with van der Waals surface area (Å²) in [5, 5.41) is 3.47. The monoisotopic (exact) mass is 180 g/mol. The van der Waals surface area contributed by atoms with Crippen LogP contribution in [0.25, 0.3) is 0 Å². The molecule has 1 fully saturated rings. The molecule has 8 heteroatoms. The third-order valence-electron chi connectivity index (χ3n) is 1.09. The van der Waals surface area contributed by atoms with Gasteiger partial charge >= 0.3 is 13.6 Å². The molecule has 1 atom stereocenters. The Balaban J connectivity index is 2.84. The summed E-state index contributed by atoms with van der Waals surface area (Å²) in [6.07, 6.45) is 0. The molecule has 1 rings (SSSR count). The second kappa shape index (κ2) is 2.30. The van der Waals surface area contributed by atoms with E-state index in [-0.39, 0.29) is 0 Å². The molecule has 0 radical (unpaired) electrons. The Hall–Kier alpha value is -0.910. The molecule has 0 aromatic heterocycles. The van der Waals surface area contributed by atoms with E-state index in [9.17, 15) is 14.2 Å². The van der Waals surface area contributed by atoms with Crippen LogP contribution in [0.3, 0.4) is 0 Å².